The van der Waals surface area contributed by atoms with Gasteiger partial charge in [0.1, 0.15) is 23.1 Å². The molecule has 1 fully saturated rings. The maximum Gasteiger partial charge on any atom is 0.421 e. The molecular formula is C26H26F3N7O3S. The molecule has 0 unspecified atom stereocenters. The Bertz CT molecular complexity index is 1530. The molecule has 14 heteroatoms. The van der Waals surface area contributed by atoms with E-state index in [1.165, 1.54) is 22.4 Å². The van der Waals surface area contributed by atoms with Gasteiger partial charge < -0.3 is 29.6 Å². The number of thiazole rings is 1. The van der Waals surface area contributed by atoms with Gasteiger partial charge in [-0.25, -0.2) is 19.7 Å². The van der Waals surface area contributed by atoms with Crippen LogP contribution in [0.5, 0.6) is 16.8 Å². The van der Waals surface area contributed by atoms with Gasteiger partial charge in [0, 0.05) is 49.4 Å². The quantitative estimate of drug-likeness (QED) is 0.334. The first-order chi connectivity index (χ1) is 19.2. The Balaban J connectivity index is 1.13. The van der Waals surface area contributed by atoms with Crippen molar-refractivity contribution < 1.29 is 27.4 Å². The lowest BCUT2D eigenvalue weighted by molar-refractivity contribution is -0.139. The minimum Gasteiger partial charge on any atom is -0.474 e. The number of pyridine rings is 2. The highest BCUT2D eigenvalue weighted by Crippen LogP contribution is 2.38. The van der Waals surface area contributed by atoms with E-state index in [1.807, 2.05) is 13.1 Å². The van der Waals surface area contributed by atoms with Gasteiger partial charge >= 0.3 is 12.2 Å². The van der Waals surface area contributed by atoms with Crippen LogP contribution in [0.1, 0.15) is 29.0 Å². The largest absolute Gasteiger partial charge is 0.474 e. The first-order valence-corrected chi connectivity index (χ1v) is 13.6. The smallest absolute Gasteiger partial charge is 0.421 e. The number of rotatable bonds is 5. The van der Waals surface area contributed by atoms with E-state index < -0.39 is 23.7 Å². The summed E-state index contributed by atoms with van der Waals surface area (Å²) in [5.74, 6) is 0.145. The van der Waals surface area contributed by atoms with Crippen molar-refractivity contribution >= 4 is 34.1 Å². The van der Waals surface area contributed by atoms with Crippen LogP contribution in [-0.4, -0.2) is 68.6 Å². The second kappa shape index (κ2) is 10.6. The Labute approximate surface area is 231 Å². The summed E-state index contributed by atoms with van der Waals surface area (Å²) in [6.07, 6.45) is 1.37. The second-order valence-corrected chi connectivity index (χ2v) is 10.8. The van der Waals surface area contributed by atoms with Crippen LogP contribution in [0.25, 0.3) is 11.0 Å². The molecule has 1 saturated heterocycles. The zero-order valence-corrected chi connectivity index (χ0v) is 22.3. The number of urea groups is 1. The van der Waals surface area contributed by atoms with Crippen molar-refractivity contribution in [2.24, 2.45) is 0 Å². The molecule has 0 spiro atoms. The molecule has 0 aromatic carbocycles. The number of anilines is 1. The molecule has 210 valence electrons. The SMILES string of the molecule is CN1CCC(Oc2ncc(NC(=O)N3CCc4sc(Oc5ccnc6[nH]ccc56)nc4C3)cc2C(F)(F)F)CC1. The Morgan fingerprint density at radius 1 is 1.20 bits per heavy atom. The maximum absolute atomic E-state index is 13.9. The maximum atomic E-state index is 13.9. The van der Waals surface area contributed by atoms with Gasteiger partial charge in [0.2, 0.25) is 5.88 Å². The van der Waals surface area contributed by atoms with Gasteiger partial charge in [-0.15, -0.1) is 0 Å². The number of carbonyl (C=O) groups is 1. The van der Waals surface area contributed by atoms with Gasteiger partial charge in [-0.1, -0.05) is 11.3 Å². The molecule has 4 aromatic heterocycles. The number of hydrogen-bond donors (Lipinski definition) is 2. The minimum absolute atomic E-state index is 0.0608. The number of carbonyl (C=O) groups excluding carboxylic acids is 1. The fourth-order valence-electron chi connectivity index (χ4n) is 4.79. The van der Waals surface area contributed by atoms with Crippen molar-refractivity contribution in [3.8, 4) is 16.8 Å². The molecule has 40 heavy (non-hydrogen) atoms. The highest BCUT2D eigenvalue weighted by atomic mass is 32.1. The van der Waals surface area contributed by atoms with Crippen molar-refractivity contribution in [3.05, 3.63) is 52.9 Å². The Kier molecular flexibility index (Phi) is 6.96. The third-order valence-corrected chi connectivity index (χ3v) is 8.00. The number of piperidine rings is 1. The summed E-state index contributed by atoms with van der Waals surface area (Å²) in [5.41, 5.74) is 0.316. The second-order valence-electron chi connectivity index (χ2n) is 9.80. The van der Waals surface area contributed by atoms with E-state index in [1.54, 1.807) is 18.5 Å². The van der Waals surface area contributed by atoms with Gasteiger partial charge in [-0.3, -0.25) is 0 Å². The van der Waals surface area contributed by atoms with E-state index in [0.717, 1.165) is 29.4 Å². The number of amides is 2. The average Bonchev–Trinajstić information content (AvgIpc) is 3.57. The van der Waals surface area contributed by atoms with Crippen LogP contribution in [0.2, 0.25) is 0 Å². The van der Waals surface area contributed by atoms with Crippen LogP contribution >= 0.6 is 11.3 Å². The molecular weight excluding hydrogens is 547 g/mol. The lowest BCUT2D eigenvalue weighted by Crippen LogP contribution is -2.38. The van der Waals surface area contributed by atoms with Crippen LogP contribution in [0.3, 0.4) is 0 Å². The number of nitrogens with zero attached hydrogens (tertiary/aromatic N) is 5. The number of hydrogen-bond acceptors (Lipinski definition) is 8. The average molecular weight is 574 g/mol. The topological polar surface area (TPSA) is 109 Å². The highest BCUT2D eigenvalue weighted by Gasteiger charge is 2.37. The number of fused-ring (bicyclic) bond motifs is 2. The van der Waals surface area contributed by atoms with Gasteiger partial charge in [0.05, 0.1) is 29.5 Å². The van der Waals surface area contributed by atoms with E-state index in [0.29, 0.717) is 48.1 Å². The molecule has 0 radical (unpaired) electrons. The number of aromatic amines is 1. The molecule has 2 aliphatic heterocycles. The molecule has 0 atom stereocenters. The van der Waals surface area contributed by atoms with Gasteiger partial charge in [0.25, 0.3) is 5.19 Å². The Hall–Kier alpha value is -3.91. The van der Waals surface area contributed by atoms with E-state index in [2.05, 4.69) is 30.2 Å². The molecule has 0 bridgehead atoms. The fraction of sp³-hybridized carbons (Fsp3) is 0.385. The number of likely N-dealkylation sites (tertiary alicyclic amines) is 1. The summed E-state index contributed by atoms with van der Waals surface area (Å²) >= 11 is 1.41. The monoisotopic (exact) mass is 573 g/mol. The summed E-state index contributed by atoms with van der Waals surface area (Å²) in [7, 11) is 1.96. The number of nitrogens with one attached hydrogen (secondary N) is 2. The number of alkyl halides is 3. The zero-order valence-electron chi connectivity index (χ0n) is 21.5. The third-order valence-electron chi connectivity index (χ3n) is 6.96. The van der Waals surface area contributed by atoms with Crippen molar-refractivity contribution in [3.63, 3.8) is 0 Å². The Morgan fingerprint density at radius 3 is 2.83 bits per heavy atom. The molecule has 2 amide bonds. The van der Waals surface area contributed by atoms with E-state index in [4.69, 9.17) is 9.47 Å². The first kappa shape index (κ1) is 26.3. The molecule has 10 nitrogen and oxygen atoms in total. The first-order valence-electron chi connectivity index (χ1n) is 12.8. The van der Waals surface area contributed by atoms with E-state index in [-0.39, 0.29) is 18.3 Å². The lowest BCUT2D eigenvalue weighted by Gasteiger charge is -2.29. The standard InChI is InChI=1S/C26H26F3N7O3S/c1-35-9-4-16(5-10-35)38-23-18(26(27,28)29)12-15(13-32-23)33-24(37)36-11-6-21-19(14-36)34-25(40-21)39-20-3-8-31-22-17(20)2-7-30-22/h2-3,7-8,12-13,16H,4-6,9-11,14H2,1H3,(H,30,31)(H,33,37). The van der Waals surface area contributed by atoms with Crippen LogP contribution in [-0.2, 0) is 19.1 Å². The van der Waals surface area contributed by atoms with Crippen LogP contribution in [0.4, 0.5) is 23.7 Å². The van der Waals surface area contributed by atoms with Gasteiger partial charge in [-0.2, -0.15) is 13.2 Å². The zero-order chi connectivity index (χ0) is 27.9. The van der Waals surface area contributed by atoms with E-state index in [9.17, 15) is 18.0 Å². The summed E-state index contributed by atoms with van der Waals surface area (Å²) in [5, 5.41) is 3.82. The molecule has 2 N–H and O–H groups in total. The van der Waals surface area contributed by atoms with Crippen molar-refractivity contribution in [1.82, 2.24) is 29.7 Å². The fourth-order valence-corrected chi connectivity index (χ4v) is 5.71. The number of halogens is 3. The van der Waals surface area contributed by atoms with Gasteiger partial charge in [0.15, 0.2) is 0 Å². The van der Waals surface area contributed by atoms with Crippen LogP contribution in [0, 0.1) is 0 Å². The molecule has 4 aromatic rings. The summed E-state index contributed by atoms with van der Waals surface area (Å²) in [6, 6.07) is 3.95. The number of aromatic nitrogens is 4. The molecule has 6 rings (SSSR count). The third kappa shape index (κ3) is 5.54. The molecule has 2 aliphatic rings. The van der Waals surface area contributed by atoms with E-state index >= 15 is 0 Å². The minimum atomic E-state index is -4.69. The van der Waals surface area contributed by atoms with Crippen LogP contribution < -0.4 is 14.8 Å². The predicted octanol–water partition coefficient (Wildman–Crippen LogP) is 5.29. The molecule has 6 heterocycles. The number of H-pyrrole nitrogens is 1. The number of ether oxygens (including phenoxy) is 2. The van der Waals surface area contributed by atoms with Crippen molar-refractivity contribution in [2.75, 3.05) is 32.0 Å². The lowest BCUT2D eigenvalue weighted by atomic mass is 10.1. The molecule has 0 aliphatic carbocycles. The summed E-state index contributed by atoms with van der Waals surface area (Å²) < 4.78 is 53.2. The normalized spacial score (nSPS) is 16.6. The Morgan fingerprint density at radius 2 is 2.02 bits per heavy atom. The van der Waals surface area contributed by atoms with Crippen molar-refractivity contribution in [1.29, 1.82) is 0 Å². The summed E-state index contributed by atoms with van der Waals surface area (Å²) in [6.45, 7) is 2.07. The molecule has 0 saturated carbocycles. The van der Waals surface area contributed by atoms with Gasteiger partial charge in [-0.05, 0) is 32.0 Å². The van der Waals surface area contributed by atoms with Crippen LogP contribution in [0.15, 0.2) is 36.8 Å². The summed E-state index contributed by atoms with van der Waals surface area (Å²) in [4.78, 5) is 33.3. The predicted molar refractivity (Wildman–Crippen MR) is 142 cm³/mol. The van der Waals surface area contributed by atoms with Crippen molar-refractivity contribution in [2.45, 2.75) is 38.1 Å². The highest BCUT2D eigenvalue weighted by molar-refractivity contribution is 7.13.